The molecule has 0 fully saturated rings. The topological polar surface area (TPSA) is 292 Å². The average molecular weight is 775 g/mol. The van der Waals surface area contributed by atoms with Crippen molar-refractivity contribution in [3.63, 3.8) is 0 Å². The van der Waals surface area contributed by atoms with Gasteiger partial charge >= 0.3 is 0 Å². The van der Waals surface area contributed by atoms with Gasteiger partial charge in [0.1, 0.15) is 14.7 Å². The number of hydrogen-bond acceptors (Lipinski definition) is 14. The zero-order valence-electron chi connectivity index (χ0n) is 25.2. The van der Waals surface area contributed by atoms with E-state index in [1.165, 1.54) is 66.7 Å². The van der Waals surface area contributed by atoms with Crippen LogP contribution in [0.2, 0.25) is 0 Å². The summed E-state index contributed by atoms with van der Waals surface area (Å²) in [7, 11) is -19.1. The Morgan fingerprint density at radius 1 is 0.431 bits per heavy atom. The zero-order valence-corrected chi connectivity index (χ0v) is 28.5. The second-order valence-electron chi connectivity index (χ2n) is 10.6. The highest BCUT2D eigenvalue weighted by Gasteiger charge is 2.22. The van der Waals surface area contributed by atoms with Crippen LogP contribution in [0, 0.1) is 0 Å². The Labute approximate surface area is 289 Å². The highest BCUT2D eigenvalue weighted by atomic mass is 32.2. The summed E-state index contributed by atoms with van der Waals surface area (Å²) >= 11 is 0. The monoisotopic (exact) mass is 774 g/mol. The Morgan fingerprint density at radius 2 is 0.922 bits per heavy atom. The molecule has 0 aliphatic rings. The maximum absolute atomic E-state index is 12.0. The standard InChI is InChI=1S/C29H22N6O12S4/c36-48(37,38)20-14-17-13-19(9-11-22(17)26(15-20)51(45,46)47)31-28-33-27(34-29(35-28)32-23-5-1-2-6-25(23)50(42,43)44)30-18-8-10-21-16(12-18)4-3-7-24(21)49(39,40)41/h1-15H,(H,36,37,38)(H,39,40,41)(H,42,43,44)(H,45,46,47)(H3,30,31,32,33,34,35). The lowest BCUT2D eigenvalue weighted by Crippen LogP contribution is -2.09. The van der Waals surface area contributed by atoms with Gasteiger partial charge in [-0.25, -0.2) is 0 Å². The van der Waals surface area contributed by atoms with E-state index in [9.17, 15) is 51.9 Å². The van der Waals surface area contributed by atoms with E-state index < -0.39 is 55.2 Å². The van der Waals surface area contributed by atoms with E-state index in [0.29, 0.717) is 17.1 Å². The molecule has 0 saturated carbocycles. The smallest absolute Gasteiger partial charge is 0.296 e. The molecule has 0 saturated heterocycles. The van der Waals surface area contributed by atoms with Crippen LogP contribution in [-0.4, -0.2) is 66.8 Å². The number of hydrogen-bond donors (Lipinski definition) is 7. The molecule has 0 radical (unpaired) electrons. The number of nitrogens with one attached hydrogen (secondary N) is 3. The normalized spacial score (nSPS) is 12.5. The number of aromatic nitrogens is 3. The first-order valence-corrected chi connectivity index (χ1v) is 19.7. The quantitative estimate of drug-likeness (QED) is 0.0949. The lowest BCUT2D eigenvalue weighted by molar-refractivity contribution is 0.479. The Hall–Kier alpha value is -5.33. The Morgan fingerprint density at radius 3 is 1.47 bits per heavy atom. The van der Waals surface area contributed by atoms with E-state index in [1.807, 2.05) is 0 Å². The van der Waals surface area contributed by atoms with Crippen LogP contribution >= 0.6 is 0 Å². The van der Waals surface area contributed by atoms with Crippen LogP contribution < -0.4 is 16.0 Å². The van der Waals surface area contributed by atoms with Crippen molar-refractivity contribution in [1.82, 2.24) is 15.0 Å². The molecule has 51 heavy (non-hydrogen) atoms. The number of rotatable bonds is 10. The van der Waals surface area contributed by atoms with Crippen LogP contribution in [0.3, 0.4) is 0 Å². The van der Waals surface area contributed by atoms with Crippen molar-refractivity contribution in [3.05, 3.63) is 91.0 Å². The summed E-state index contributed by atoms with van der Waals surface area (Å²) in [5, 5.41) is 8.95. The predicted molar refractivity (Wildman–Crippen MR) is 183 cm³/mol. The van der Waals surface area contributed by atoms with Crippen LogP contribution in [-0.2, 0) is 40.5 Å². The molecule has 22 heteroatoms. The summed E-state index contributed by atoms with van der Waals surface area (Å²) < 4.78 is 134. The van der Waals surface area contributed by atoms with Gasteiger partial charge in [-0.3, -0.25) is 18.2 Å². The molecule has 5 aromatic carbocycles. The Bertz CT molecular complexity index is 2850. The second kappa shape index (κ2) is 12.8. The maximum Gasteiger partial charge on any atom is 0.296 e. The Balaban J connectivity index is 1.44. The molecular formula is C29H22N6O12S4. The Kier molecular flexibility index (Phi) is 8.89. The van der Waals surface area contributed by atoms with E-state index in [4.69, 9.17) is 0 Å². The van der Waals surface area contributed by atoms with Crippen molar-refractivity contribution in [3.8, 4) is 0 Å². The third-order valence-corrected chi connectivity index (χ3v) is 10.7. The predicted octanol–water partition coefficient (Wildman–Crippen LogP) is 4.40. The molecular weight excluding hydrogens is 753 g/mol. The molecule has 0 amide bonds. The minimum Gasteiger partial charge on any atom is -0.324 e. The fraction of sp³-hybridized carbons (Fsp3) is 0. The first-order valence-electron chi connectivity index (χ1n) is 13.9. The average Bonchev–Trinajstić information content (AvgIpc) is 3.02. The number of benzene rings is 5. The third kappa shape index (κ3) is 7.87. The number of fused-ring (bicyclic) bond motifs is 2. The molecule has 1 aromatic heterocycles. The summed E-state index contributed by atoms with van der Waals surface area (Å²) in [5.41, 5.74) is 0.353. The van der Waals surface area contributed by atoms with E-state index in [0.717, 1.165) is 12.1 Å². The molecule has 7 N–H and O–H groups in total. The van der Waals surface area contributed by atoms with Crippen molar-refractivity contribution >= 4 is 96.9 Å². The number of para-hydroxylation sites is 1. The van der Waals surface area contributed by atoms with Crippen LogP contribution in [0.1, 0.15) is 0 Å². The first kappa shape index (κ1) is 35.5. The van der Waals surface area contributed by atoms with Crippen LogP contribution in [0.5, 0.6) is 0 Å². The number of anilines is 6. The van der Waals surface area contributed by atoms with Gasteiger partial charge in [0.15, 0.2) is 0 Å². The molecule has 0 unspecified atom stereocenters. The highest BCUT2D eigenvalue weighted by molar-refractivity contribution is 7.87. The lowest BCUT2D eigenvalue weighted by Gasteiger charge is -2.14. The van der Waals surface area contributed by atoms with Gasteiger partial charge in [0.2, 0.25) is 17.8 Å². The molecule has 18 nitrogen and oxygen atoms in total. The van der Waals surface area contributed by atoms with E-state index >= 15 is 0 Å². The first-order chi connectivity index (χ1) is 23.8. The van der Waals surface area contributed by atoms with Gasteiger partial charge in [-0.05, 0) is 65.4 Å². The lowest BCUT2D eigenvalue weighted by atomic mass is 10.1. The van der Waals surface area contributed by atoms with Crippen LogP contribution in [0.4, 0.5) is 34.9 Å². The van der Waals surface area contributed by atoms with Crippen LogP contribution in [0.15, 0.2) is 111 Å². The molecule has 6 aromatic rings. The summed E-state index contributed by atoms with van der Waals surface area (Å²) in [5.74, 6) is -0.634. The molecule has 0 atom stereocenters. The highest BCUT2D eigenvalue weighted by Crippen LogP contribution is 2.32. The zero-order chi connectivity index (χ0) is 36.9. The van der Waals surface area contributed by atoms with Crippen molar-refractivity contribution in [2.45, 2.75) is 19.6 Å². The van der Waals surface area contributed by atoms with E-state index in [1.54, 1.807) is 6.07 Å². The van der Waals surface area contributed by atoms with Gasteiger partial charge in [0.25, 0.3) is 40.5 Å². The minimum absolute atomic E-state index is 0.0454. The second-order valence-corrected chi connectivity index (χ2v) is 16.2. The molecule has 264 valence electrons. The molecule has 0 bridgehead atoms. The third-order valence-electron chi connectivity index (χ3n) is 7.14. The largest absolute Gasteiger partial charge is 0.324 e. The van der Waals surface area contributed by atoms with Crippen molar-refractivity contribution < 1.29 is 51.9 Å². The molecule has 6 rings (SSSR count). The van der Waals surface area contributed by atoms with Crippen LogP contribution in [0.25, 0.3) is 21.5 Å². The fourth-order valence-corrected chi connectivity index (χ4v) is 7.74. The van der Waals surface area contributed by atoms with Crippen molar-refractivity contribution in [2.24, 2.45) is 0 Å². The molecule has 0 aliphatic heterocycles. The molecule has 0 aliphatic carbocycles. The van der Waals surface area contributed by atoms with Gasteiger partial charge in [0.05, 0.1) is 10.6 Å². The van der Waals surface area contributed by atoms with E-state index in [-0.39, 0.29) is 50.3 Å². The van der Waals surface area contributed by atoms with Gasteiger partial charge < -0.3 is 16.0 Å². The minimum atomic E-state index is -4.94. The summed E-state index contributed by atoms with van der Waals surface area (Å²) in [6.45, 7) is 0. The van der Waals surface area contributed by atoms with Gasteiger partial charge in [-0.15, -0.1) is 0 Å². The van der Waals surface area contributed by atoms with E-state index in [2.05, 4.69) is 30.9 Å². The summed E-state index contributed by atoms with van der Waals surface area (Å²) in [4.78, 5) is 10.4. The van der Waals surface area contributed by atoms with Gasteiger partial charge in [-0.2, -0.15) is 48.6 Å². The van der Waals surface area contributed by atoms with Crippen molar-refractivity contribution in [1.29, 1.82) is 0 Å². The van der Waals surface area contributed by atoms with Gasteiger partial charge in [0, 0.05) is 22.1 Å². The van der Waals surface area contributed by atoms with Crippen molar-refractivity contribution in [2.75, 3.05) is 16.0 Å². The maximum atomic E-state index is 12.0. The van der Waals surface area contributed by atoms with Gasteiger partial charge in [-0.1, -0.05) is 36.4 Å². The summed E-state index contributed by atoms with van der Waals surface area (Å²) in [6.07, 6.45) is 0. The molecule has 0 spiro atoms. The molecule has 1 heterocycles. The number of nitrogens with zero attached hydrogens (tertiary/aromatic N) is 3. The fourth-order valence-electron chi connectivity index (χ4n) is 5.02. The SMILES string of the molecule is O=S(=O)(O)c1cc(S(=O)(=O)O)c2ccc(Nc3nc(Nc4ccc5c(S(=O)(=O)O)cccc5c4)nc(Nc4ccccc4S(=O)(=O)O)n3)cc2c1. The summed E-state index contributed by atoms with van der Waals surface area (Å²) in [6, 6.07) is 19.4.